The zero-order valence-electron chi connectivity index (χ0n) is 28.5. The average molecular weight is 653 g/mol. The monoisotopic (exact) mass is 652 g/mol. The molecule has 0 N–H and O–H groups in total. The number of carbonyl (C=O) groups excluding carboxylic acids is 2. The van der Waals surface area contributed by atoms with Crippen LogP contribution < -0.4 is 28.4 Å². The smallest absolute Gasteiger partial charge is 0.185 e. The molecule has 0 saturated carbocycles. The third-order valence-electron chi connectivity index (χ3n) is 6.76. The summed E-state index contributed by atoms with van der Waals surface area (Å²) in [6.45, 7) is 10.0. The van der Waals surface area contributed by atoms with E-state index >= 15 is 0 Å². The van der Waals surface area contributed by atoms with E-state index in [2.05, 4.69) is 0 Å². The Hall–Kier alpha value is -5.50. The molecule has 0 heterocycles. The van der Waals surface area contributed by atoms with Crippen LogP contribution in [0.25, 0.3) is 12.2 Å². The molecule has 0 amide bonds. The van der Waals surface area contributed by atoms with E-state index in [4.69, 9.17) is 28.4 Å². The molecular formula is C40H44O8. The molecule has 0 bridgehead atoms. The van der Waals surface area contributed by atoms with Gasteiger partial charge in [-0.15, -0.1) is 0 Å². The van der Waals surface area contributed by atoms with Crippen LogP contribution in [0.2, 0.25) is 0 Å². The molecule has 0 radical (unpaired) electrons. The second kappa shape index (κ2) is 19.9. The number of hydrogen-bond donors (Lipinski definition) is 0. The Balaban J connectivity index is 0.000000261. The quantitative estimate of drug-likeness (QED) is 0.0877. The molecule has 252 valence electrons. The normalized spacial score (nSPS) is 10.6. The van der Waals surface area contributed by atoms with Crippen LogP contribution in [0.5, 0.6) is 34.5 Å². The highest BCUT2D eigenvalue weighted by Crippen LogP contribution is 2.27. The van der Waals surface area contributed by atoms with Gasteiger partial charge in [-0.05, 0) is 137 Å². The van der Waals surface area contributed by atoms with Crippen molar-refractivity contribution in [3.8, 4) is 34.5 Å². The summed E-state index contributed by atoms with van der Waals surface area (Å²) in [5.41, 5.74) is 2.81. The van der Waals surface area contributed by atoms with E-state index in [0.29, 0.717) is 49.1 Å². The SMILES string of the molecule is CCOc1ccc(C(=O)/C=C/c2cc(OC)ccc2OC)cc1.CCOc1ccc(C(=O)/C=C/c2cc(OCC)ccc2OCC)cc1. The molecule has 4 aromatic rings. The number of ether oxygens (including phenoxy) is 6. The van der Waals surface area contributed by atoms with Crippen molar-refractivity contribution in [3.05, 3.63) is 119 Å². The van der Waals surface area contributed by atoms with Gasteiger partial charge < -0.3 is 28.4 Å². The van der Waals surface area contributed by atoms with E-state index in [1.54, 1.807) is 87.0 Å². The largest absolute Gasteiger partial charge is 0.497 e. The minimum atomic E-state index is -0.0853. The number of carbonyl (C=O) groups is 2. The van der Waals surface area contributed by atoms with E-state index in [-0.39, 0.29) is 11.6 Å². The van der Waals surface area contributed by atoms with Crippen LogP contribution in [0.3, 0.4) is 0 Å². The number of ketones is 2. The second-order valence-electron chi connectivity index (χ2n) is 9.98. The number of rotatable bonds is 16. The molecule has 4 rings (SSSR count). The molecule has 8 heteroatoms. The van der Waals surface area contributed by atoms with Crippen LogP contribution in [-0.4, -0.2) is 52.2 Å². The van der Waals surface area contributed by atoms with Crippen molar-refractivity contribution in [1.29, 1.82) is 0 Å². The maximum Gasteiger partial charge on any atom is 0.185 e. The number of methoxy groups -OCH3 is 2. The fraction of sp³-hybridized carbons (Fsp3) is 0.250. The van der Waals surface area contributed by atoms with E-state index in [1.807, 2.05) is 58.0 Å². The Morgan fingerprint density at radius 1 is 0.479 bits per heavy atom. The van der Waals surface area contributed by atoms with Gasteiger partial charge >= 0.3 is 0 Å². The van der Waals surface area contributed by atoms with Gasteiger partial charge in [-0.25, -0.2) is 0 Å². The minimum Gasteiger partial charge on any atom is -0.497 e. The van der Waals surface area contributed by atoms with Gasteiger partial charge in [0.25, 0.3) is 0 Å². The van der Waals surface area contributed by atoms with Gasteiger partial charge in [0.1, 0.15) is 34.5 Å². The highest BCUT2D eigenvalue weighted by atomic mass is 16.5. The second-order valence-corrected chi connectivity index (χ2v) is 9.98. The van der Waals surface area contributed by atoms with Gasteiger partial charge in [0.15, 0.2) is 11.6 Å². The third-order valence-corrected chi connectivity index (χ3v) is 6.76. The Kier molecular flexibility index (Phi) is 15.3. The van der Waals surface area contributed by atoms with Gasteiger partial charge in [0, 0.05) is 22.3 Å². The van der Waals surface area contributed by atoms with Crippen LogP contribution in [0.15, 0.2) is 97.1 Å². The van der Waals surface area contributed by atoms with Crippen LogP contribution in [0.4, 0.5) is 0 Å². The van der Waals surface area contributed by atoms with E-state index in [0.717, 1.165) is 34.1 Å². The Morgan fingerprint density at radius 3 is 1.33 bits per heavy atom. The third kappa shape index (κ3) is 11.4. The molecule has 0 atom stereocenters. The van der Waals surface area contributed by atoms with Crippen LogP contribution in [0, 0.1) is 0 Å². The van der Waals surface area contributed by atoms with E-state index in [9.17, 15) is 9.59 Å². The van der Waals surface area contributed by atoms with Gasteiger partial charge in [-0.1, -0.05) is 0 Å². The Bertz CT molecular complexity index is 1650. The summed E-state index contributed by atoms with van der Waals surface area (Å²) in [4.78, 5) is 24.6. The van der Waals surface area contributed by atoms with Gasteiger partial charge in [0.05, 0.1) is 40.6 Å². The van der Waals surface area contributed by atoms with Gasteiger partial charge in [-0.3, -0.25) is 9.59 Å². The van der Waals surface area contributed by atoms with E-state index < -0.39 is 0 Å². The lowest BCUT2D eigenvalue weighted by Crippen LogP contribution is -1.98. The summed E-state index contributed by atoms with van der Waals surface area (Å²) in [5.74, 6) is 4.21. The molecule has 4 aromatic carbocycles. The fourth-order valence-corrected chi connectivity index (χ4v) is 4.46. The highest BCUT2D eigenvalue weighted by Gasteiger charge is 2.07. The van der Waals surface area contributed by atoms with Crippen molar-refractivity contribution in [3.63, 3.8) is 0 Å². The summed E-state index contributed by atoms with van der Waals surface area (Å²) >= 11 is 0. The molecule has 0 aliphatic carbocycles. The number of allylic oxidation sites excluding steroid dienone is 2. The lowest BCUT2D eigenvalue weighted by molar-refractivity contribution is 0.103. The molecule has 0 spiro atoms. The predicted octanol–water partition coefficient (Wildman–Crippen LogP) is 8.78. The van der Waals surface area contributed by atoms with Crippen LogP contribution >= 0.6 is 0 Å². The molecule has 0 aromatic heterocycles. The maximum atomic E-state index is 12.4. The molecule has 0 aliphatic heterocycles. The van der Waals surface area contributed by atoms with Crippen molar-refractivity contribution in [2.24, 2.45) is 0 Å². The van der Waals surface area contributed by atoms with Crippen molar-refractivity contribution in [1.82, 2.24) is 0 Å². The summed E-state index contributed by atoms with van der Waals surface area (Å²) in [6, 6.07) is 25.2. The number of hydrogen-bond acceptors (Lipinski definition) is 8. The maximum absolute atomic E-state index is 12.4. The summed E-state index contributed by atoms with van der Waals surface area (Å²) < 4.78 is 32.4. The fourth-order valence-electron chi connectivity index (χ4n) is 4.46. The first-order valence-corrected chi connectivity index (χ1v) is 15.9. The van der Waals surface area contributed by atoms with Crippen molar-refractivity contribution >= 4 is 23.7 Å². The van der Waals surface area contributed by atoms with Gasteiger partial charge in [-0.2, -0.15) is 0 Å². The lowest BCUT2D eigenvalue weighted by Gasteiger charge is -2.10. The molecule has 0 aliphatic rings. The molecule has 48 heavy (non-hydrogen) atoms. The van der Waals surface area contributed by atoms with Crippen molar-refractivity contribution < 1.29 is 38.0 Å². The first-order valence-electron chi connectivity index (χ1n) is 15.9. The van der Waals surface area contributed by atoms with Crippen molar-refractivity contribution in [2.45, 2.75) is 27.7 Å². The molecule has 0 fully saturated rings. The average Bonchev–Trinajstić information content (AvgIpc) is 3.11. The zero-order valence-corrected chi connectivity index (χ0v) is 28.5. The summed E-state index contributed by atoms with van der Waals surface area (Å²) in [5, 5.41) is 0. The first-order chi connectivity index (χ1) is 23.3. The molecular weight excluding hydrogens is 608 g/mol. The van der Waals surface area contributed by atoms with Crippen LogP contribution in [-0.2, 0) is 0 Å². The summed E-state index contributed by atoms with van der Waals surface area (Å²) in [7, 11) is 3.19. The lowest BCUT2D eigenvalue weighted by atomic mass is 10.1. The standard InChI is InChI=1S/C21H24O4.C19H20O4/c1-4-23-18-10-7-16(8-11-18)20(22)13-9-17-15-19(24-5-2)12-14-21(17)25-6-3;1-4-23-16-8-5-14(6-9-16)18(20)11-7-15-13-17(21-2)10-12-19(15)22-3/h7-15H,4-6H2,1-3H3;5-13H,4H2,1-3H3/b13-9+;11-7+. The number of benzene rings is 4. The Morgan fingerprint density at radius 2 is 0.875 bits per heavy atom. The van der Waals surface area contributed by atoms with Crippen LogP contribution in [0.1, 0.15) is 59.5 Å². The molecule has 8 nitrogen and oxygen atoms in total. The Labute approximate surface area is 283 Å². The highest BCUT2D eigenvalue weighted by molar-refractivity contribution is 6.07. The van der Waals surface area contributed by atoms with E-state index in [1.165, 1.54) is 6.08 Å². The summed E-state index contributed by atoms with van der Waals surface area (Å²) in [6.07, 6.45) is 6.54. The molecule has 0 saturated heterocycles. The van der Waals surface area contributed by atoms with Crippen molar-refractivity contribution in [2.75, 3.05) is 40.6 Å². The predicted molar refractivity (Wildman–Crippen MR) is 190 cm³/mol. The molecule has 0 unspecified atom stereocenters. The minimum absolute atomic E-state index is 0.0766. The van der Waals surface area contributed by atoms with Gasteiger partial charge in [0.2, 0.25) is 0 Å². The zero-order chi connectivity index (χ0) is 34.7. The topological polar surface area (TPSA) is 89.5 Å². The first kappa shape index (κ1) is 37.0.